The summed E-state index contributed by atoms with van der Waals surface area (Å²) < 4.78 is 5.15. The lowest BCUT2D eigenvalue weighted by Gasteiger charge is -2.22. The summed E-state index contributed by atoms with van der Waals surface area (Å²) in [6, 6.07) is 7.54. The summed E-state index contributed by atoms with van der Waals surface area (Å²) in [6.07, 6.45) is 2.79. The van der Waals surface area contributed by atoms with E-state index in [-0.39, 0.29) is 11.9 Å². The normalized spacial score (nSPS) is 10.6. The van der Waals surface area contributed by atoms with Crippen molar-refractivity contribution in [3.63, 3.8) is 0 Å². The molecule has 0 saturated heterocycles. The van der Waals surface area contributed by atoms with Crippen molar-refractivity contribution in [1.29, 1.82) is 0 Å². The molecule has 0 spiro atoms. The molecule has 7 nitrogen and oxygen atoms in total. The van der Waals surface area contributed by atoms with E-state index in [1.54, 1.807) is 17.4 Å². The number of aryl methyl sites for hydroxylation is 1. The lowest BCUT2D eigenvalue weighted by molar-refractivity contribution is 0.0948. The van der Waals surface area contributed by atoms with Crippen LogP contribution in [0.25, 0.3) is 0 Å². The highest BCUT2D eigenvalue weighted by Crippen LogP contribution is 2.18. The SMILES string of the molecule is CCCCNC(=O)c1csc(CN(CCOC)C(=O)Nc2ccccc2CC)n1. The smallest absolute Gasteiger partial charge is 0.322 e. The van der Waals surface area contributed by atoms with Crippen LogP contribution in [0.2, 0.25) is 0 Å². The Hall–Kier alpha value is -2.45. The van der Waals surface area contributed by atoms with Gasteiger partial charge in [-0.15, -0.1) is 11.3 Å². The first-order valence-electron chi connectivity index (χ1n) is 9.94. The predicted molar refractivity (Wildman–Crippen MR) is 116 cm³/mol. The monoisotopic (exact) mass is 418 g/mol. The number of anilines is 1. The first kappa shape index (κ1) is 22.8. The number of thiazole rings is 1. The maximum Gasteiger partial charge on any atom is 0.322 e. The zero-order chi connectivity index (χ0) is 21.1. The molecule has 0 aliphatic carbocycles. The highest BCUT2D eigenvalue weighted by molar-refractivity contribution is 7.09. The molecule has 29 heavy (non-hydrogen) atoms. The molecule has 0 fully saturated rings. The number of carbonyl (C=O) groups excluding carboxylic acids is 2. The maximum atomic E-state index is 12.9. The molecule has 158 valence electrons. The van der Waals surface area contributed by atoms with Crippen LogP contribution in [0.5, 0.6) is 0 Å². The van der Waals surface area contributed by atoms with E-state index in [2.05, 4.69) is 29.5 Å². The second-order valence-electron chi connectivity index (χ2n) is 6.59. The minimum atomic E-state index is -0.216. The third kappa shape index (κ3) is 7.14. The molecule has 0 bridgehead atoms. The van der Waals surface area contributed by atoms with Crippen molar-refractivity contribution >= 4 is 29.0 Å². The van der Waals surface area contributed by atoms with Crippen molar-refractivity contribution < 1.29 is 14.3 Å². The number of ether oxygens (including phenoxy) is 1. The van der Waals surface area contributed by atoms with Crippen LogP contribution >= 0.6 is 11.3 Å². The van der Waals surface area contributed by atoms with Gasteiger partial charge in [0.1, 0.15) is 10.7 Å². The molecule has 8 heteroatoms. The van der Waals surface area contributed by atoms with Gasteiger partial charge < -0.3 is 20.3 Å². The molecular formula is C21H30N4O3S. The Morgan fingerprint density at radius 2 is 2.03 bits per heavy atom. The summed E-state index contributed by atoms with van der Waals surface area (Å²) in [7, 11) is 1.60. The molecule has 1 aromatic heterocycles. The van der Waals surface area contributed by atoms with Crippen LogP contribution in [0, 0.1) is 0 Å². The van der Waals surface area contributed by atoms with Gasteiger partial charge in [0.2, 0.25) is 0 Å². The fourth-order valence-electron chi connectivity index (χ4n) is 2.72. The third-order valence-electron chi connectivity index (χ3n) is 4.42. The number of hydrogen-bond donors (Lipinski definition) is 2. The van der Waals surface area contributed by atoms with E-state index >= 15 is 0 Å². The lowest BCUT2D eigenvalue weighted by atomic mass is 10.1. The molecular weight excluding hydrogens is 388 g/mol. The second kappa shape index (κ2) is 12.2. The van der Waals surface area contributed by atoms with E-state index in [4.69, 9.17) is 4.74 Å². The van der Waals surface area contributed by atoms with Crippen LogP contribution in [0.4, 0.5) is 10.5 Å². The number of methoxy groups -OCH3 is 1. The van der Waals surface area contributed by atoms with Crippen LogP contribution in [0.15, 0.2) is 29.6 Å². The second-order valence-corrected chi connectivity index (χ2v) is 7.53. The third-order valence-corrected chi connectivity index (χ3v) is 5.25. The van der Waals surface area contributed by atoms with Crippen molar-refractivity contribution in [1.82, 2.24) is 15.2 Å². The fourth-order valence-corrected chi connectivity index (χ4v) is 3.51. The quantitative estimate of drug-likeness (QED) is 0.542. The highest BCUT2D eigenvalue weighted by Gasteiger charge is 2.18. The van der Waals surface area contributed by atoms with Gasteiger partial charge in [-0.25, -0.2) is 9.78 Å². The Morgan fingerprint density at radius 3 is 2.76 bits per heavy atom. The van der Waals surface area contributed by atoms with Crippen LogP contribution in [-0.4, -0.2) is 48.6 Å². The van der Waals surface area contributed by atoms with Gasteiger partial charge in [0.25, 0.3) is 5.91 Å². The molecule has 0 saturated carbocycles. The maximum absolute atomic E-state index is 12.9. The zero-order valence-corrected chi connectivity index (χ0v) is 18.2. The Balaban J connectivity index is 2.04. The number of hydrogen-bond acceptors (Lipinski definition) is 5. The number of nitrogens with one attached hydrogen (secondary N) is 2. The Labute approximate surface area is 176 Å². The number of nitrogens with zero attached hydrogens (tertiary/aromatic N) is 2. The minimum Gasteiger partial charge on any atom is -0.383 e. The summed E-state index contributed by atoms with van der Waals surface area (Å²) >= 11 is 1.38. The number of benzene rings is 1. The van der Waals surface area contributed by atoms with Crippen molar-refractivity contribution in [3.8, 4) is 0 Å². The van der Waals surface area contributed by atoms with Crippen molar-refractivity contribution in [2.24, 2.45) is 0 Å². The predicted octanol–water partition coefficient (Wildman–Crippen LogP) is 3.92. The van der Waals surface area contributed by atoms with Gasteiger partial charge in [0, 0.05) is 31.3 Å². The molecule has 0 radical (unpaired) electrons. The first-order valence-corrected chi connectivity index (χ1v) is 10.8. The average Bonchev–Trinajstić information content (AvgIpc) is 3.20. The number of unbranched alkanes of at least 4 members (excludes halogenated alkanes) is 1. The van der Waals surface area contributed by atoms with Gasteiger partial charge in [-0.05, 0) is 24.5 Å². The molecule has 2 rings (SSSR count). The Kier molecular flexibility index (Phi) is 9.59. The topological polar surface area (TPSA) is 83.6 Å². The molecule has 0 aliphatic heterocycles. The number of amides is 3. The van der Waals surface area contributed by atoms with Crippen molar-refractivity contribution in [2.75, 3.05) is 32.1 Å². The van der Waals surface area contributed by atoms with Gasteiger partial charge in [0.15, 0.2) is 0 Å². The fraction of sp³-hybridized carbons (Fsp3) is 0.476. The molecule has 0 aliphatic rings. The van der Waals surface area contributed by atoms with E-state index in [1.807, 2.05) is 24.3 Å². The number of rotatable bonds is 11. The van der Waals surface area contributed by atoms with E-state index in [0.717, 1.165) is 30.5 Å². The Bertz CT molecular complexity index is 794. The lowest BCUT2D eigenvalue weighted by Crippen LogP contribution is -2.37. The van der Waals surface area contributed by atoms with E-state index in [9.17, 15) is 9.59 Å². The molecule has 0 unspecified atom stereocenters. The summed E-state index contributed by atoms with van der Waals surface area (Å²) in [5, 5.41) is 8.29. The molecule has 3 amide bonds. The summed E-state index contributed by atoms with van der Waals surface area (Å²) in [5.74, 6) is -0.175. The van der Waals surface area contributed by atoms with Gasteiger partial charge >= 0.3 is 6.03 Å². The molecule has 2 aromatic rings. The summed E-state index contributed by atoms with van der Waals surface area (Å²) in [4.78, 5) is 31.1. The number of urea groups is 1. The van der Waals surface area contributed by atoms with Crippen molar-refractivity contribution in [2.45, 2.75) is 39.7 Å². The van der Waals surface area contributed by atoms with E-state index in [1.165, 1.54) is 11.3 Å². The molecule has 1 aromatic carbocycles. The van der Waals surface area contributed by atoms with Crippen LogP contribution in [-0.2, 0) is 17.7 Å². The standard InChI is InChI=1S/C21H30N4O3S/c1-4-6-11-22-20(26)18-15-29-19(23-18)14-25(12-13-28-3)21(27)24-17-10-8-7-9-16(17)5-2/h7-10,15H,4-6,11-14H2,1-3H3,(H,22,26)(H,24,27). The summed E-state index contributed by atoms with van der Waals surface area (Å²) in [5.41, 5.74) is 2.27. The number of aromatic nitrogens is 1. The van der Waals surface area contributed by atoms with Gasteiger partial charge in [-0.1, -0.05) is 38.5 Å². The molecule has 0 atom stereocenters. The number of carbonyl (C=O) groups is 2. The average molecular weight is 419 g/mol. The first-order chi connectivity index (χ1) is 14.1. The summed E-state index contributed by atoms with van der Waals surface area (Å²) in [6.45, 7) is 5.92. The van der Waals surface area contributed by atoms with Gasteiger partial charge in [0.05, 0.1) is 13.2 Å². The van der Waals surface area contributed by atoms with Crippen LogP contribution < -0.4 is 10.6 Å². The van der Waals surface area contributed by atoms with Crippen molar-refractivity contribution in [3.05, 3.63) is 45.9 Å². The van der Waals surface area contributed by atoms with Crippen LogP contribution in [0.1, 0.15) is 47.7 Å². The van der Waals surface area contributed by atoms with Crippen LogP contribution in [0.3, 0.4) is 0 Å². The van der Waals surface area contributed by atoms with Gasteiger partial charge in [-0.3, -0.25) is 4.79 Å². The Morgan fingerprint density at radius 1 is 1.24 bits per heavy atom. The molecule has 1 heterocycles. The number of para-hydroxylation sites is 1. The zero-order valence-electron chi connectivity index (χ0n) is 17.4. The highest BCUT2D eigenvalue weighted by atomic mass is 32.1. The molecule has 2 N–H and O–H groups in total. The largest absolute Gasteiger partial charge is 0.383 e. The van der Waals surface area contributed by atoms with E-state index in [0.29, 0.717) is 36.9 Å². The van der Waals surface area contributed by atoms with E-state index < -0.39 is 0 Å². The van der Waals surface area contributed by atoms with Gasteiger partial charge in [-0.2, -0.15) is 0 Å². The minimum absolute atomic E-state index is 0.175.